The minimum atomic E-state index is -0.637. The molecule has 2 aliphatic rings. The number of carbonyl (C=O) groups is 1. The fraction of sp³-hybridized carbons (Fsp3) is 0.294. The van der Waals surface area contributed by atoms with Gasteiger partial charge in [0.15, 0.2) is 12.1 Å². The van der Waals surface area contributed by atoms with Crippen LogP contribution in [0, 0.1) is 6.92 Å². The van der Waals surface area contributed by atoms with Gasteiger partial charge < -0.3 is 20.1 Å². The van der Waals surface area contributed by atoms with Crippen molar-refractivity contribution in [2.45, 2.75) is 44.7 Å². The van der Waals surface area contributed by atoms with E-state index in [1.807, 2.05) is 31.2 Å². The molecule has 8 nitrogen and oxygen atoms in total. The summed E-state index contributed by atoms with van der Waals surface area (Å²) in [6, 6.07) is 16.8. The first-order chi connectivity index (χ1) is 21.4. The number of anilines is 1. The van der Waals surface area contributed by atoms with Gasteiger partial charge in [-0.05, 0) is 68.5 Å². The Morgan fingerprint density at radius 3 is 2.66 bits per heavy atom. The molecule has 0 radical (unpaired) electrons. The number of aryl methyl sites for hydroxylation is 1. The van der Waals surface area contributed by atoms with Gasteiger partial charge in [0.25, 0.3) is 0 Å². The number of rotatable bonds is 10. The largest absolute Gasteiger partial charge is 0.507 e. The molecule has 2 N–H and O–H groups in total. The Kier molecular flexibility index (Phi) is 8.59. The second kappa shape index (κ2) is 12.7. The Morgan fingerprint density at radius 2 is 1.93 bits per heavy atom. The summed E-state index contributed by atoms with van der Waals surface area (Å²) in [5, 5.41) is 15.4. The first-order valence-corrected chi connectivity index (χ1v) is 15.1. The number of hydrogen-bond acceptors (Lipinski definition) is 8. The van der Waals surface area contributed by atoms with E-state index in [9.17, 15) is 9.90 Å². The first kappa shape index (κ1) is 29.7. The van der Waals surface area contributed by atoms with Crippen LogP contribution in [0.25, 0.3) is 22.3 Å². The molecule has 3 aromatic carbocycles. The molecule has 2 atom stereocenters. The Bertz CT molecular complexity index is 1760. The predicted octanol–water partition coefficient (Wildman–Crippen LogP) is 6.56. The zero-order valence-electron chi connectivity index (χ0n) is 24.4. The van der Waals surface area contributed by atoms with Crippen molar-refractivity contribution >= 4 is 52.7 Å². The van der Waals surface area contributed by atoms with Crippen LogP contribution in [0.2, 0.25) is 5.02 Å². The van der Waals surface area contributed by atoms with Crippen LogP contribution >= 0.6 is 11.6 Å². The van der Waals surface area contributed by atoms with Crippen molar-refractivity contribution in [3.05, 3.63) is 87.6 Å². The number of carbonyl (C=O) groups excluding carboxylic acids is 1. The lowest BCUT2D eigenvalue weighted by Crippen LogP contribution is -2.51. The number of phenolic OH excluding ortho intramolecular Hbond substituents is 1. The van der Waals surface area contributed by atoms with E-state index in [2.05, 4.69) is 26.9 Å². The number of phenols is 1. The number of piperazine rings is 1. The van der Waals surface area contributed by atoms with Crippen molar-refractivity contribution in [1.29, 1.82) is 0 Å². The van der Waals surface area contributed by atoms with Gasteiger partial charge in [0, 0.05) is 46.7 Å². The molecule has 6 rings (SSSR count). The van der Waals surface area contributed by atoms with E-state index in [4.69, 9.17) is 21.3 Å². The second-order valence-corrected chi connectivity index (χ2v) is 11.7. The lowest BCUT2D eigenvalue weighted by molar-refractivity contribution is 0.112. The number of aldehydes is 1. The summed E-state index contributed by atoms with van der Waals surface area (Å²) >= 11 is 6.58. The number of benzene rings is 3. The summed E-state index contributed by atoms with van der Waals surface area (Å²) in [4.78, 5) is 26.8. The van der Waals surface area contributed by atoms with E-state index in [0.29, 0.717) is 58.6 Å². The van der Waals surface area contributed by atoms with Gasteiger partial charge in [0.1, 0.15) is 23.0 Å². The van der Waals surface area contributed by atoms with Crippen LogP contribution in [0.5, 0.6) is 11.8 Å². The monoisotopic (exact) mass is 613 g/mol. The van der Waals surface area contributed by atoms with E-state index in [1.165, 1.54) is 6.07 Å². The minimum Gasteiger partial charge on any atom is -0.507 e. The van der Waals surface area contributed by atoms with Crippen LogP contribution in [0.3, 0.4) is 0 Å². The molecule has 0 spiro atoms. The molecule has 0 aliphatic carbocycles. The van der Waals surface area contributed by atoms with Gasteiger partial charge in [-0.1, -0.05) is 48.0 Å². The number of aromatic nitrogens is 2. The zero-order valence-corrected chi connectivity index (χ0v) is 25.1. The number of nitrogens with one attached hydrogen (secondary N) is 1. The highest BCUT2D eigenvalue weighted by Crippen LogP contribution is 2.38. The zero-order chi connectivity index (χ0) is 30.8. The summed E-state index contributed by atoms with van der Waals surface area (Å²) in [7, 11) is 0. The number of fused-ring (bicyclic) bond motifs is 3. The third kappa shape index (κ3) is 5.89. The van der Waals surface area contributed by atoms with Gasteiger partial charge >= 0.3 is 6.01 Å². The highest BCUT2D eigenvalue weighted by molar-refractivity contribution is 6.36. The van der Waals surface area contributed by atoms with Crippen molar-refractivity contribution in [3.63, 3.8) is 0 Å². The van der Waals surface area contributed by atoms with Crippen LogP contribution < -0.4 is 15.0 Å². The van der Waals surface area contributed by atoms with Gasteiger partial charge in [-0.2, -0.15) is 9.97 Å². The molecule has 4 aromatic rings. The van der Waals surface area contributed by atoms with Crippen molar-refractivity contribution in [2.75, 3.05) is 24.6 Å². The Hall–Kier alpha value is -4.34. The summed E-state index contributed by atoms with van der Waals surface area (Å²) in [5.41, 5.74) is 2.38. The molecular formula is C34H33ClFN5O3. The van der Waals surface area contributed by atoms with Crippen molar-refractivity contribution in [2.24, 2.45) is 4.99 Å². The molecule has 226 valence electrons. The molecule has 1 aromatic heterocycles. The third-order valence-electron chi connectivity index (χ3n) is 8.36. The second-order valence-electron chi connectivity index (χ2n) is 11.3. The maximum atomic E-state index is 16.7. The van der Waals surface area contributed by atoms with Crippen LogP contribution in [0.15, 0.2) is 59.6 Å². The van der Waals surface area contributed by atoms with E-state index < -0.39 is 5.83 Å². The molecule has 2 saturated heterocycles. The third-order valence-corrected chi connectivity index (χ3v) is 8.67. The predicted molar refractivity (Wildman–Crippen MR) is 173 cm³/mol. The van der Waals surface area contributed by atoms with Crippen LogP contribution in [0.1, 0.15) is 52.0 Å². The summed E-state index contributed by atoms with van der Waals surface area (Å²) in [6.45, 7) is 7.30. The fourth-order valence-electron chi connectivity index (χ4n) is 6.21. The number of hydrogen-bond donors (Lipinski definition) is 2. The molecular weight excluding hydrogens is 581 g/mol. The number of aliphatic imine (C=N–C) groups is 1. The average Bonchev–Trinajstić information content (AvgIpc) is 3.37. The van der Waals surface area contributed by atoms with E-state index in [1.54, 1.807) is 24.3 Å². The standard InChI is InChI=1S/C34H33ClFN5O3/c1-20-31(30(36)32(37-2)26-9-3-7-22-8-4-10-27(35)29(22)26)39-34(40-33(20)41-17-24-12-13-25(18-41)38-24)44-15-5-6-21-11-14-28(43)23(16-21)19-42/h3-4,7-11,14,16,19,24-25,38,43H,2,5-6,12-13,15,17-18H2,1H3/b32-30+. The number of nitrogens with zero attached hydrogens (tertiary/aromatic N) is 4. The Labute approximate surface area is 260 Å². The quantitative estimate of drug-likeness (QED) is 0.119. The molecule has 44 heavy (non-hydrogen) atoms. The van der Waals surface area contributed by atoms with Gasteiger partial charge in [0.2, 0.25) is 0 Å². The minimum absolute atomic E-state index is 0.0427. The lowest BCUT2D eigenvalue weighted by atomic mass is 10.0. The molecule has 10 heteroatoms. The summed E-state index contributed by atoms with van der Waals surface area (Å²) in [6.07, 6.45) is 4.00. The van der Waals surface area contributed by atoms with Crippen molar-refractivity contribution < 1.29 is 19.0 Å². The first-order valence-electron chi connectivity index (χ1n) is 14.7. The van der Waals surface area contributed by atoms with Crippen LogP contribution in [-0.2, 0) is 6.42 Å². The van der Waals surface area contributed by atoms with E-state index in [-0.39, 0.29) is 35.3 Å². The summed E-state index contributed by atoms with van der Waals surface area (Å²) in [5.74, 6) is -0.0576. The Morgan fingerprint density at radius 1 is 1.18 bits per heavy atom. The van der Waals surface area contributed by atoms with Gasteiger partial charge in [-0.3, -0.25) is 9.79 Å². The molecule has 2 fully saturated rings. The molecule has 3 heterocycles. The molecule has 0 saturated carbocycles. The van der Waals surface area contributed by atoms with Gasteiger partial charge in [-0.15, -0.1) is 0 Å². The van der Waals surface area contributed by atoms with Gasteiger partial charge in [-0.25, -0.2) is 4.39 Å². The Balaban J connectivity index is 1.35. The SMILES string of the molecule is C=N/C(=C(/F)c1nc(OCCCc2ccc(O)c(C=O)c2)nc(N2CC3CCC(C2)N3)c1C)c1cccc2cccc(Cl)c12. The van der Waals surface area contributed by atoms with E-state index >= 15 is 4.39 Å². The lowest BCUT2D eigenvalue weighted by Gasteiger charge is -2.34. The number of halogens is 2. The van der Waals surface area contributed by atoms with Crippen molar-refractivity contribution in [1.82, 2.24) is 15.3 Å². The van der Waals surface area contributed by atoms with Crippen LogP contribution in [0.4, 0.5) is 10.2 Å². The molecule has 0 amide bonds. The molecule has 2 bridgehead atoms. The van der Waals surface area contributed by atoms with Crippen molar-refractivity contribution in [3.8, 4) is 11.8 Å². The maximum Gasteiger partial charge on any atom is 0.319 e. The highest BCUT2D eigenvalue weighted by atomic mass is 35.5. The topological polar surface area (TPSA) is 99.9 Å². The number of aromatic hydroxyl groups is 1. The molecule has 2 unspecified atom stereocenters. The van der Waals surface area contributed by atoms with Gasteiger partial charge in [0.05, 0.1) is 12.2 Å². The maximum absolute atomic E-state index is 16.7. The van der Waals surface area contributed by atoms with E-state index in [0.717, 1.165) is 36.9 Å². The summed E-state index contributed by atoms with van der Waals surface area (Å²) < 4.78 is 22.7. The molecule has 2 aliphatic heterocycles. The average molecular weight is 614 g/mol. The fourth-order valence-corrected chi connectivity index (χ4v) is 6.50. The van der Waals surface area contributed by atoms with Crippen LogP contribution in [-0.4, -0.2) is 59.9 Å². The highest BCUT2D eigenvalue weighted by Gasteiger charge is 2.34. The normalized spacial score (nSPS) is 18.3. The smallest absolute Gasteiger partial charge is 0.319 e. The number of ether oxygens (including phenoxy) is 1.